The van der Waals surface area contributed by atoms with Gasteiger partial charge in [0.1, 0.15) is 17.6 Å². The molecule has 1 aliphatic rings. The molecule has 5 rings (SSSR count). The first-order valence-corrected chi connectivity index (χ1v) is 11.8. The van der Waals surface area contributed by atoms with Crippen LogP contribution in [0.5, 0.6) is 0 Å². The number of anilines is 1. The minimum Gasteiger partial charge on any atom is -0.478 e. The Morgan fingerprint density at radius 1 is 1.12 bits per heavy atom. The Labute approximate surface area is 210 Å². The van der Waals surface area contributed by atoms with Crippen molar-refractivity contribution in [2.45, 2.75) is 19.0 Å². The second-order valence-electron chi connectivity index (χ2n) is 7.98. The highest BCUT2D eigenvalue weighted by Gasteiger charge is 2.42. The maximum absolute atomic E-state index is 11.7. The monoisotopic (exact) mass is 533 g/mol. The summed E-state index contributed by atoms with van der Waals surface area (Å²) in [5.74, 6) is 0.131. The summed E-state index contributed by atoms with van der Waals surface area (Å²) < 4.78 is 7.32. The molecule has 1 fully saturated rings. The van der Waals surface area contributed by atoms with Crippen LogP contribution in [0.4, 0.5) is 5.69 Å². The molecule has 2 aromatic carbocycles. The summed E-state index contributed by atoms with van der Waals surface area (Å²) in [5.41, 5.74) is 3.54. The topological polar surface area (TPSA) is 78.6 Å². The number of hydrogen-bond donors (Lipinski definition) is 2. The van der Waals surface area contributed by atoms with E-state index < -0.39 is 5.97 Å². The van der Waals surface area contributed by atoms with Crippen LogP contribution < -0.4 is 10.2 Å². The third-order valence-electron chi connectivity index (χ3n) is 5.86. The fraction of sp³-hybridized carbons (Fsp3) is 0.115. The van der Waals surface area contributed by atoms with Crippen molar-refractivity contribution in [1.29, 1.82) is 0 Å². The minimum atomic E-state index is -1.00. The SMILES string of the molecule is Cc1cc(N2C(=S)N[C@H](c3ccccn3)[C@@H]2c2ccc(-c3ccccc3C(=O)O)o2)ccc1Br. The van der Waals surface area contributed by atoms with Crippen LogP contribution in [0.2, 0.25) is 0 Å². The largest absolute Gasteiger partial charge is 0.478 e. The number of carboxylic acid groups (broad SMARTS) is 1. The van der Waals surface area contributed by atoms with Gasteiger partial charge in [0, 0.05) is 21.9 Å². The molecule has 3 heterocycles. The number of nitrogens with one attached hydrogen (secondary N) is 1. The van der Waals surface area contributed by atoms with E-state index in [4.69, 9.17) is 16.6 Å². The van der Waals surface area contributed by atoms with E-state index in [1.807, 2.05) is 48.2 Å². The Balaban J connectivity index is 1.63. The molecule has 0 unspecified atom stereocenters. The number of aromatic nitrogens is 1. The minimum absolute atomic E-state index is 0.185. The van der Waals surface area contributed by atoms with Crippen molar-refractivity contribution in [2.75, 3.05) is 4.90 Å². The van der Waals surface area contributed by atoms with Crippen molar-refractivity contribution in [3.63, 3.8) is 0 Å². The maximum Gasteiger partial charge on any atom is 0.336 e. The van der Waals surface area contributed by atoms with Crippen LogP contribution in [0, 0.1) is 6.92 Å². The first-order chi connectivity index (χ1) is 16.4. The number of benzene rings is 2. The standard InChI is InChI=1S/C26H20BrN3O3S/c1-15-14-16(9-10-19(15)27)30-24(23(29-26(30)34)20-8-4-5-13-28-20)22-12-11-21(33-22)17-6-2-3-7-18(17)25(31)32/h2-14,23-24H,1H3,(H,29,34)(H,31,32)/t23-,24+/m1/s1. The molecule has 4 aromatic rings. The molecular formula is C26H20BrN3O3S. The Kier molecular flexibility index (Phi) is 5.93. The summed E-state index contributed by atoms with van der Waals surface area (Å²) in [6, 6.07) is 21.7. The molecule has 170 valence electrons. The number of rotatable bonds is 5. The van der Waals surface area contributed by atoms with Gasteiger partial charge < -0.3 is 19.7 Å². The molecule has 2 aromatic heterocycles. The van der Waals surface area contributed by atoms with Gasteiger partial charge >= 0.3 is 5.97 Å². The third-order valence-corrected chi connectivity index (χ3v) is 7.06. The Morgan fingerprint density at radius 2 is 1.91 bits per heavy atom. The number of pyridine rings is 1. The Bertz CT molecular complexity index is 1390. The summed E-state index contributed by atoms with van der Waals surface area (Å²) in [7, 11) is 0. The number of nitrogens with zero attached hydrogens (tertiary/aromatic N) is 2. The van der Waals surface area contributed by atoms with Crippen molar-refractivity contribution in [3.8, 4) is 11.3 Å². The Morgan fingerprint density at radius 3 is 2.65 bits per heavy atom. The molecule has 2 atom stereocenters. The number of thiocarbonyl (C=S) groups is 1. The van der Waals surface area contributed by atoms with Crippen molar-refractivity contribution in [1.82, 2.24) is 10.3 Å². The zero-order valence-corrected chi connectivity index (χ0v) is 20.5. The molecular weight excluding hydrogens is 514 g/mol. The van der Waals surface area contributed by atoms with Crippen molar-refractivity contribution in [3.05, 3.63) is 106 Å². The number of hydrogen-bond acceptors (Lipinski definition) is 4. The molecule has 0 spiro atoms. The van der Waals surface area contributed by atoms with E-state index in [0.717, 1.165) is 21.4 Å². The lowest BCUT2D eigenvalue weighted by Crippen LogP contribution is -2.29. The molecule has 8 heteroatoms. The summed E-state index contributed by atoms with van der Waals surface area (Å²) in [6.45, 7) is 2.03. The van der Waals surface area contributed by atoms with Gasteiger partial charge in [0.2, 0.25) is 0 Å². The second kappa shape index (κ2) is 9.04. The molecule has 1 aliphatic heterocycles. The van der Waals surface area contributed by atoms with E-state index in [-0.39, 0.29) is 17.6 Å². The molecule has 0 bridgehead atoms. The fourth-order valence-corrected chi connectivity index (χ4v) is 4.83. The van der Waals surface area contributed by atoms with Crippen molar-refractivity contribution >= 4 is 44.9 Å². The predicted molar refractivity (Wildman–Crippen MR) is 138 cm³/mol. The Hall–Kier alpha value is -3.49. The summed E-state index contributed by atoms with van der Waals surface area (Å²) in [4.78, 5) is 18.3. The van der Waals surface area contributed by atoms with Crippen molar-refractivity contribution < 1.29 is 14.3 Å². The van der Waals surface area contributed by atoms with Crippen LogP contribution in [0.1, 0.15) is 39.5 Å². The number of aryl methyl sites for hydroxylation is 1. The molecule has 34 heavy (non-hydrogen) atoms. The smallest absolute Gasteiger partial charge is 0.336 e. The van der Waals surface area contributed by atoms with E-state index in [1.165, 1.54) is 0 Å². The van der Waals surface area contributed by atoms with E-state index in [1.54, 1.807) is 36.5 Å². The maximum atomic E-state index is 11.7. The summed E-state index contributed by atoms with van der Waals surface area (Å²) >= 11 is 9.33. The highest BCUT2D eigenvalue weighted by molar-refractivity contribution is 9.10. The molecule has 2 N–H and O–H groups in total. The lowest BCUT2D eigenvalue weighted by Gasteiger charge is -2.26. The molecule has 0 amide bonds. The third kappa shape index (κ3) is 3.99. The van der Waals surface area contributed by atoms with Gasteiger partial charge in [-0.3, -0.25) is 4.98 Å². The fourth-order valence-electron chi connectivity index (χ4n) is 4.24. The van der Waals surface area contributed by atoms with Crippen molar-refractivity contribution in [2.24, 2.45) is 0 Å². The van der Waals surface area contributed by atoms with Crippen LogP contribution in [0.3, 0.4) is 0 Å². The lowest BCUT2D eigenvalue weighted by atomic mass is 10.0. The molecule has 0 radical (unpaired) electrons. The first-order valence-electron chi connectivity index (χ1n) is 10.6. The van der Waals surface area contributed by atoms with Gasteiger partial charge in [-0.1, -0.05) is 40.2 Å². The predicted octanol–water partition coefficient (Wildman–Crippen LogP) is 6.29. The van der Waals surface area contributed by atoms with Gasteiger partial charge in [-0.05, 0) is 73.2 Å². The highest BCUT2D eigenvalue weighted by atomic mass is 79.9. The number of carboxylic acids is 1. The molecule has 0 saturated carbocycles. The number of carbonyl (C=O) groups is 1. The second-order valence-corrected chi connectivity index (χ2v) is 9.22. The normalized spacial score (nSPS) is 17.6. The van der Waals surface area contributed by atoms with Gasteiger partial charge in [-0.2, -0.15) is 0 Å². The van der Waals surface area contributed by atoms with Gasteiger partial charge in [0.05, 0.1) is 17.3 Å². The molecule has 0 aliphatic carbocycles. The van der Waals surface area contributed by atoms with E-state index in [2.05, 4.69) is 32.3 Å². The van der Waals surface area contributed by atoms with E-state index >= 15 is 0 Å². The van der Waals surface area contributed by atoms with Gasteiger partial charge in [0.15, 0.2) is 5.11 Å². The van der Waals surface area contributed by atoms with Crippen LogP contribution in [0.15, 0.2) is 87.9 Å². The van der Waals surface area contributed by atoms with Gasteiger partial charge in [-0.15, -0.1) is 0 Å². The first kappa shape index (κ1) is 22.3. The zero-order valence-electron chi connectivity index (χ0n) is 18.1. The van der Waals surface area contributed by atoms with Gasteiger partial charge in [0.25, 0.3) is 0 Å². The molecule has 6 nitrogen and oxygen atoms in total. The number of furan rings is 1. The summed E-state index contributed by atoms with van der Waals surface area (Å²) in [5, 5.41) is 13.6. The van der Waals surface area contributed by atoms with Crippen LogP contribution in [-0.4, -0.2) is 21.2 Å². The average Bonchev–Trinajstić information content (AvgIpc) is 3.46. The summed E-state index contributed by atoms with van der Waals surface area (Å²) in [6.07, 6.45) is 1.75. The quantitative estimate of drug-likeness (QED) is 0.292. The molecule has 1 saturated heterocycles. The van der Waals surface area contributed by atoms with Crippen LogP contribution in [-0.2, 0) is 0 Å². The number of halogens is 1. The van der Waals surface area contributed by atoms with E-state index in [9.17, 15) is 9.90 Å². The van der Waals surface area contributed by atoms with Crippen LogP contribution >= 0.6 is 28.1 Å². The average molecular weight is 534 g/mol. The number of aromatic carboxylic acids is 1. The zero-order chi connectivity index (χ0) is 23.8. The van der Waals surface area contributed by atoms with E-state index in [0.29, 0.717) is 22.2 Å². The highest BCUT2D eigenvalue weighted by Crippen LogP contribution is 2.43. The van der Waals surface area contributed by atoms with Crippen LogP contribution in [0.25, 0.3) is 11.3 Å². The lowest BCUT2D eigenvalue weighted by molar-refractivity contribution is 0.0697. The van der Waals surface area contributed by atoms with Gasteiger partial charge in [-0.25, -0.2) is 4.79 Å².